The van der Waals surface area contributed by atoms with Crippen LogP contribution < -0.4 is 5.32 Å². The molecule has 2 aliphatic heterocycles. The van der Waals surface area contributed by atoms with Crippen molar-refractivity contribution >= 4 is 38.3 Å². The van der Waals surface area contributed by atoms with Crippen LogP contribution in [0.4, 0.5) is 8.78 Å². The molecule has 14 heteroatoms. The number of benzene rings is 2. The predicted octanol–water partition coefficient (Wildman–Crippen LogP) is 5.99. The van der Waals surface area contributed by atoms with Crippen molar-refractivity contribution in [3.63, 3.8) is 0 Å². The summed E-state index contributed by atoms with van der Waals surface area (Å²) in [6.45, 7) is 10.4. The van der Waals surface area contributed by atoms with Gasteiger partial charge in [-0.2, -0.15) is 8.78 Å². The highest BCUT2D eigenvalue weighted by atomic mass is 31.3. The van der Waals surface area contributed by atoms with E-state index < -0.39 is 49.6 Å². The summed E-state index contributed by atoms with van der Waals surface area (Å²) in [5, 5.41) is 2.80. The first-order valence-corrected chi connectivity index (χ1v) is 19.5. The summed E-state index contributed by atoms with van der Waals surface area (Å²) in [5.41, 5.74) is -2.78. The van der Waals surface area contributed by atoms with E-state index in [4.69, 9.17) is 0 Å². The largest absolute Gasteiger partial charge is 0.407 e. The summed E-state index contributed by atoms with van der Waals surface area (Å²) < 4.78 is 58.0. The number of halogens is 2. The number of nitrogens with one attached hydrogen (secondary N) is 1. The molecule has 2 N–H and O–H groups in total. The highest BCUT2D eigenvalue weighted by molar-refractivity contribution is 7.68. The fourth-order valence-electron chi connectivity index (χ4n) is 5.87. The van der Waals surface area contributed by atoms with Crippen molar-refractivity contribution in [2.75, 3.05) is 26.4 Å². The zero-order valence-electron chi connectivity index (χ0n) is 27.5. The standard InChI is InChI=1S/C33H43F2N3O7P2/c1-22(23-13-15-26(16-14-23)33(34,35)47(43,44)45-46(5,6)42)20-28(39)36-29(32(2,3)4)31(41)38-18-9-12-27(38)30(40)37-19-17-24-10-7-8-11-25(24)21-37/h7-8,10-11,13-16,20,27,29H,9,12,17-19,21H2,1-6H3,(H,36,39)(H,43,44)/b22-20+/t27-,29+/m0/s1. The monoisotopic (exact) mass is 693 g/mol. The minimum atomic E-state index is -5.62. The van der Waals surface area contributed by atoms with E-state index in [1.165, 1.54) is 23.8 Å². The zero-order chi connectivity index (χ0) is 34.9. The van der Waals surface area contributed by atoms with Crippen LogP contribution in [0, 0.1) is 5.41 Å². The van der Waals surface area contributed by atoms with Crippen LogP contribution in [0.25, 0.3) is 5.57 Å². The van der Waals surface area contributed by atoms with Crippen LogP contribution in [-0.2, 0) is 46.5 Å². The van der Waals surface area contributed by atoms with Gasteiger partial charge >= 0.3 is 13.3 Å². The van der Waals surface area contributed by atoms with E-state index in [9.17, 15) is 37.2 Å². The first kappa shape index (κ1) is 36.7. The number of likely N-dealkylation sites (tertiary alicyclic amines) is 1. The molecule has 0 aliphatic carbocycles. The molecular formula is C33H43F2N3O7P2. The van der Waals surface area contributed by atoms with E-state index >= 15 is 0 Å². The fraction of sp³-hybridized carbons (Fsp3) is 0.485. The summed E-state index contributed by atoms with van der Waals surface area (Å²) in [7, 11) is -9.32. The number of carbonyl (C=O) groups excluding carboxylic acids is 3. The second-order valence-electron chi connectivity index (χ2n) is 13.6. The zero-order valence-corrected chi connectivity index (χ0v) is 29.3. The van der Waals surface area contributed by atoms with Crippen LogP contribution >= 0.6 is 15.0 Å². The molecule has 4 rings (SSSR count). The van der Waals surface area contributed by atoms with E-state index in [2.05, 4.69) is 15.7 Å². The maximum Gasteiger partial charge on any atom is 0.407 e. The SMILES string of the molecule is C/C(=C\C(=O)N[C@H](C(=O)N1CCC[C@H]1C(=O)N1CCc2ccccc2C1)C(C)(C)C)c1ccc(C(F)(F)P(=O)(O)OP(C)(C)=O)cc1. The highest BCUT2D eigenvalue weighted by Crippen LogP contribution is 2.69. The molecule has 2 aliphatic rings. The van der Waals surface area contributed by atoms with Crippen molar-refractivity contribution in [3.8, 4) is 0 Å². The van der Waals surface area contributed by atoms with Gasteiger partial charge in [-0.05, 0) is 53.9 Å². The van der Waals surface area contributed by atoms with Crippen molar-refractivity contribution in [2.45, 2.75) is 71.2 Å². The first-order chi connectivity index (χ1) is 21.7. The van der Waals surface area contributed by atoms with Gasteiger partial charge in [0.25, 0.3) is 0 Å². The Morgan fingerprint density at radius 3 is 2.23 bits per heavy atom. The molecule has 2 aromatic carbocycles. The number of carbonyl (C=O) groups is 3. The molecule has 1 saturated heterocycles. The Morgan fingerprint density at radius 1 is 1.02 bits per heavy atom. The Balaban J connectivity index is 1.47. The molecule has 0 saturated carbocycles. The van der Waals surface area contributed by atoms with Crippen LogP contribution in [0.2, 0.25) is 0 Å². The van der Waals surface area contributed by atoms with Gasteiger partial charge in [0.15, 0.2) is 0 Å². The Bertz CT molecular complexity index is 1650. The molecule has 1 unspecified atom stereocenters. The van der Waals surface area contributed by atoms with Gasteiger partial charge < -0.3 is 20.0 Å². The van der Waals surface area contributed by atoms with Gasteiger partial charge in [0.1, 0.15) is 12.1 Å². The maximum absolute atomic E-state index is 14.8. The number of amides is 3. The predicted molar refractivity (Wildman–Crippen MR) is 176 cm³/mol. The third-order valence-electron chi connectivity index (χ3n) is 8.36. The van der Waals surface area contributed by atoms with Crippen LogP contribution in [-0.4, -0.2) is 70.9 Å². The Hall–Kier alpha value is -3.17. The molecule has 10 nitrogen and oxygen atoms in total. The van der Waals surface area contributed by atoms with Gasteiger partial charge in [-0.3, -0.25) is 23.5 Å². The second-order valence-corrected chi connectivity index (χ2v) is 18.3. The average Bonchev–Trinajstić information content (AvgIpc) is 3.47. The van der Waals surface area contributed by atoms with E-state index in [-0.39, 0.29) is 11.8 Å². The normalized spacial score (nSPS) is 19.5. The van der Waals surface area contributed by atoms with Crippen LogP contribution in [0.5, 0.6) is 0 Å². The smallest absolute Gasteiger partial charge is 0.340 e. The third kappa shape index (κ3) is 8.47. The van der Waals surface area contributed by atoms with Gasteiger partial charge in [0.05, 0.1) is 0 Å². The highest BCUT2D eigenvalue weighted by Gasteiger charge is 2.54. The van der Waals surface area contributed by atoms with Gasteiger partial charge in [-0.25, -0.2) is 4.31 Å². The quantitative estimate of drug-likeness (QED) is 0.244. The number of rotatable bonds is 9. The minimum absolute atomic E-state index is 0.100. The van der Waals surface area contributed by atoms with Gasteiger partial charge in [0, 0.05) is 44.6 Å². The summed E-state index contributed by atoms with van der Waals surface area (Å²) in [5.74, 6) is -1.04. The number of allylic oxidation sites excluding steroid dienone is 1. The first-order valence-electron chi connectivity index (χ1n) is 15.4. The van der Waals surface area contributed by atoms with Crippen molar-refractivity contribution in [2.24, 2.45) is 5.41 Å². The molecule has 256 valence electrons. The van der Waals surface area contributed by atoms with Crippen molar-refractivity contribution < 1.29 is 41.5 Å². The van der Waals surface area contributed by atoms with Gasteiger partial charge in [-0.1, -0.05) is 69.3 Å². The average molecular weight is 694 g/mol. The van der Waals surface area contributed by atoms with Gasteiger partial charge in [-0.15, -0.1) is 0 Å². The van der Waals surface area contributed by atoms with Crippen LogP contribution in [0.3, 0.4) is 0 Å². The third-order valence-corrected chi connectivity index (χ3v) is 11.8. The molecule has 2 heterocycles. The molecule has 1 fully saturated rings. The second kappa shape index (κ2) is 13.7. The Kier molecular flexibility index (Phi) is 10.7. The lowest BCUT2D eigenvalue weighted by Gasteiger charge is -2.37. The summed E-state index contributed by atoms with van der Waals surface area (Å²) in [4.78, 5) is 54.0. The molecule has 0 radical (unpaired) electrons. The molecule has 0 spiro atoms. The number of nitrogens with zero attached hydrogens (tertiary/aromatic N) is 2. The van der Waals surface area contributed by atoms with Crippen LogP contribution in [0.1, 0.15) is 62.8 Å². The van der Waals surface area contributed by atoms with E-state index in [1.54, 1.807) is 16.7 Å². The summed E-state index contributed by atoms with van der Waals surface area (Å²) >= 11 is 0. The van der Waals surface area contributed by atoms with Crippen molar-refractivity contribution in [3.05, 3.63) is 76.9 Å². The summed E-state index contributed by atoms with van der Waals surface area (Å²) in [6.07, 6.45) is 3.19. The molecular weight excluding hydrogens is 650 g/mol. The Morgan fingerprint density at radius 2 is 1.64 bits per heavy atom. The lowest BCUT2D eigenvalue weighted by Crippen LogP contribution is -2.58. The lowest BCUT2D eigenvalue weighted by atomic mass is 9.85. The fourth-order valence-corrected chi connectivity index (χ4v) is 8.89. The maximum atomic E-state index is 14.8. The Labute approximate surface area is 274 Å². The molecule has 0 aromatic heterocycles. The molecule has 3 atom stereocenters. The number of alkyl halides is 2. The van der Waals surface area contributed by atoms with Crippen molar-refractivity contribution in [1.82, 2.24) is 15.1 Å². The number of hydrogen-bond acceptors (Lipinski definition) is 6. The van der Waals surface area contributed by atoms with E-state index in [1.807, 2.05) is 39.0 Å². The molecule has 0 bridgehead atoms. The van der Waals surface area contributed by atoms with E-state index in [0.717, 1.165) is 37.4 Å². The number of fused-ring (bicyclic) bond motifs is 1. The molecule has 2 aromatic rings. The summed E-state index contributed by atoms with van der Waals surface area (Å²) in [6, 6.07) is 10.8. The number of hydrogen-bond donors (Lipinski definition) is 2. The topological polar surface area (TPSA) is 133 Å². The molecule has 47 heavy (non-hydrogen) atoms. The van der Waals surface area contributed by atoms with E-state index in [0.29, 0.717) is 43.6 Å². The molecule has 3 amide bonds. The van der Waals surface area contributed by atoms with Gasteiger partial charge in [0.2, 0.25) is 25.1 Å². The van der Waals surface area contributed by atoms with Crippen LogP contribution in [0.15, 0.2) is 54.6 Å². The van der Waals surface area contributed by atoms with Crippen molar-refractivity contribution in [1.29, 1.82) is 0 Å². The minimum Gasteiger partial charge on any atom is -0.340 e. The lowest BCUT2D eigenvalue weighted by molar-refractivity contribution is -0.147.